The number of carboxylic acids is 1. The van der Waals surface area contributed by atoms with Crippen molar-refractivity contribution in [3.63, 3.8) is 0 Å². The third-order valence-corrected chi connectivity index (χ3v) is 5.32. The van der Waals surface area contributed by atoms with Crippen LogP contribution in [0.3, 0.4) is 0 Å². The summed E-state index contributed by atoms with van der Waals surface area (Å²) in [4.78, 5) is 48.2. The highest BCUT2D eigenvalue weighted by molar-refractivity contribution is 9.10. The molecule has 1 heterocycles. The molecule has 0 bridgehead atoms. The van der Waals surface area contributed by atoms with Crippen molar-refractivity contribution in [2.45, 2.75) is 19.9 Å². The van der Waals surface area contributed by atoms with Gasteiger partial charge in [0, 0.05) is 4.47 Å². The van der Waals surface area contributed by atoms with Gasteiger partial charge in [-0.15, -0.1) is 0 Å². The molecular formula is C18H18BrNO8S. The molecule has 2 amide bonds. The second-order valence-corrected chi connectivity index (χ2v) is 7.53. The van der Waals surface area contributed by atoms with Gasteiger partial charge >= 0.3 is 11.9 Å². The number of imide groups is 1. The molecule has 0 aliphatic carbocycles. The van der Waals surface area contributed by atoms with Gasteiger partial charge in [-0.25, -0.2) is 9.59 Å². The van der Waals surface area contributed by atoms with Gasteiger partial charge in [-0.1, -0.05) is 15.9 Å². The van der Waals surface area contributed by atoms with Gasteiger partial charge in [-0.3, -0.25) is 14.5 Å². The number of thioether (sulfide) groups is 1. The Labute approximate surface area is 179 Å². The molecule has 1 aromatic carbocycles. The minimum absolute atomic E-state index is 0.119. The minimum Gasteiger partial charge on any atom is -0.490 e. The lowest BCUT2D eigenvalue weighted by Crippen LogP contribution is -2.42. The number of carbonyl (C=O) groups is 4. The maximum absolute atomic E-state index is 12.6. The smallest absolute Gasteiger partial charge is 0.341 e. The molecule has 1 N–H and O–H groups in total. The van der Waals surface area contributed by atoms with Gasteiger partial charge in [0.1, 0.15) is 6.04 Å². The van der Waals surface area contributed by atoms with Crippen molar-refractivity contribution >= 4 is 56.9 Å². The lowest BCUT2D eigenvalue weighted by molar-refractivity contribution is -0.148. The van der Waals surface area contributed by atoms with Gasteiger partial charge in [0.2, 0.25) is 0 Å². The van der Waals surface area contributed by atoms with E-state index in [0.717, 1.165) is 4.90 Å². The summed E-state index contributed by atoms with van der Waals surface area (Å²) in [6, 6.07) is 2.02. The molecular weight excluding hydrogens is 470 g/mol. The van der Waals surface area contributed by atoms with Crippen LogP contribution >= 0.6 is 27.7 Å². The van der Waals surface area contributed by atoms with Crippen LogP contribution in [0.15, 0.2) is 21.5 Å². The Balaban J connectivity index is 2.37. The Kier molecular flexibility index (Phi) is 7.68. The lowest BCUT2D eigenvalue weighted by atomic mass is 10.1. The number of amides is 2. The molecule has 1 fully saturated rings. The molecule has 1 aliphatic heterocycles. The summed E-state index contributed by atoms with van der Waals surface area (Å²) in [7, 11) is 1.17. The summed E-state index contributed by atoms with van der Waals surface area (Å²) in [6.07, 6.45) is 1.47. The Morgan fingerprint density at radius 1 is 1.28 bits per heavy atom. The lowest BCUT2D eigenvalue weighted by Gasteiger charge is -2.18. The normalized spacial score (nSPS) is 16.1. The molecule has 9 nitrogen and oxygen atoms in total. The van der Waals surface area contributed by atoms with Crippen molar-refractivity contribution in [1.29, 1.82) is 0 Å². The van der Waals surface area contributed by atoms with Crippen LogP contribution in [0.2, 0.25) is 0 Å². The van der Waals surface area contributed by atoms with Crippen molar-refractivity contribution in [1.82, 2.24) is 4.90 Å². The molecule has 29 heavy (non-hydrogen) atoms. The second kappa shape index (κ2) is 9.79. The van der Waals surface area contributed by atoms with Crippen LogP contribution in [-0.2, 0) is 19.1 Å². The highest BCUT2D eigenvalue weighted by Crippen LogP contribution is 2.38. The first kappa shape index (κ1) is 22.8. The molecule has 1 atom stereocenters. The Hall–Kier alpha value is -2.53. The summed E-state index contributed by atoms with van der Waals surface area (Å²) >= 11 is 4.04. The van der Waals surface area contributed by atoms with Gasteiger partial charge in [-0.2, -0.15) is 0 Å². The fourth-order valence-corrected chi connectivity index (χ4v) is 3.75. The topological polar surface area (TPSA) is 119 Å². The molecule has 11 heteroatoms. The van der Waals surface area contributed by atoms with Crippen LogP contribution in [0, 0.1) is 0 Å². The zero-order valence-electron chi connectivity index (χ0n) is 15.8. The number of methoxy groups -OCH3 is 1. The van der Waals surface area contributed by atoms with Crippen molar-refractivity contribution in [2.75, 3.05) is 20.3 Å². The predicted octanol–water partition coefficient (Wildman–Crippen LogP) is 2.91. The Morgan fingerprint density at radius 2 is 1.93 bits per heavy atom. The van der Waals surface area contributed by atoms with Crippen LogP contribution in [0.25, 0.3) is 6.08 Å². The fraction of sp³-hybridized carbons (Fsp3) is 0.333. The van der Waals surface area contributed by atoms with Crippen LogP contribution in [0.5, 0.6) is 11.5 Å². The fourth-order valence-electron chi connectivity index (χ4n) is 2.41. The van der Waals surface area contributed by atoms with Gasteiger partial charge < -0.3 is 19.3 Å². The minimum atomic E-state index is -1.14. The zero-order chi connectivity index (χ0) is 21.7. The predicted molar refractivity (Wildman–Crippen MR) is 108 cm³/mol. The highest BCUT2D eigenvalue weighted by Gasteiger charge is 2.41. The van der Waals surface area contributed by atoms with Crippen LogP contribution in [0.1, 0.15) is 19.4 Å². The molecule has 0 spiro atoms. The van der Waals surface area contributed by atoms with Gasteiger partial charge in [-0.05, 0) is 49.4 Å². The van der Waals surface area contributed by atoms with Gasteiger partial charge in [0.05, 0.1) is 18.6 Å². The number of carboxylic acid groups (broad SMARTS) is 1. The van der Waals surface area contributed by atoms with E-state index in [1.807, 2.05) is 0 Å². The largest absolute Gasteiger partial charge is 0.490 e. The monoisotopic (exact) mass is 487 g/mol. The quantitative estimate of drug-likeness (QED) is 0.435. The number of ether oxygens (including phenoxy) is 3. The first-order valence-electron chi connectivity index (χ1n) is 8.35. The maximum atomic E-state index is 12.6. The summed E-state index contributed by atoms with van der Waals surface area (Å²) in [5.74, 6) is -1.96. The van der Waals surface area contributed by atoms with E-state index in [1.165, 1.54) is 26.2 Å². The van der Waals surface area contributed by atoms with E-state index in [4.69, 9.17) is 14.6 Å². The molecule has 0 radical (unpaired) electrons. The van der Waals surface area contributed by atoms with E-state index in [9.17, 15) is 19.2 Å². The molecule has 1 aliphatic rings. The summed E-state index contributed by atoms with van der Waals surface area (Å²) in [6.45, 7) is 2.92. The molecule has 2 rings (SSSR count). The zero-order valence-corrected chi connectivity index (χ0v) is 18.2. The standard InChI is InChI=1S/C18H18BrNO8S/c1-4-27-12-5-10(11(19)7-13(12)28-8-15(21)22)6-14-16(23)20(18(25)29-14)9(2)17(24)26-3/h5-7,9H,4,8H2,1-3H3,(H,21,22)/b14-6+/t9-/m0/s1. The van der Waals surface area contributed by atoms with E-state index in [1.54, 1.807) is 13.0 Å². The third-order valence-electron chi connectivity index (χ3n) is 3.75. The van der Waals surface area contributed by atoms with Crippen LogP contribution in [0.4, 0.5) is 4.79 Å². The van der Waals surface area contributed by atoms with Gasteiger partial charge in [0.25, 0.3) is 11.1 Å². The van der Waals surface area contributed by atoms with Crippen molar-refractivity contribution in [3.05, 3.63) is 27.1 Å². The Bertz CT molecular complexity index is 885. The number of aliphatic carboxylic acids is 1. The highest BCUT2D eigenvalue weighted by atomic mass is 79.9. The number of benzene rings is 1. The Morgan fingerprint density at radius 3 is 2.52 bits per heavy atom. The second-order valence-electron chi connectivity index (χ2n) is 5.69. The van der Waals surface area contributed by atoms with Crippen molar-refractivity contribution in [3.8, 4) is 11.5 Å². The van der Waals surface area contributed by atoms with E-state index in [0.29, 0.717) is 28.4 Å². The van der Waals surface area contributed by atoms with Crippen LogP contribution < -0.4 is 9.47 Å². The number of hydrogen-bond donors (Lipinski definition) is 1. The molecule has 0 unspecified atom stereocenters. The molecule has 156 valence electrons. The molecule has 0 aromatic heterocycles. The van der Waals surface area contributed by atoms with E-state index in [-0.39, 0.29) is 16.4 Å². The number of carbonyl (C=O) groups excluding carboxylic acids is 3. The van der Waals surface area contributed by atoms with Crippen LogP contribution in [-0.4, -0.2) is 59.5 Å². The summed E-state index contributed by atoms with van der Waals surface area (Å²) in [5, 5.41) is 8.21. The summed E-state index contributed by atoms with van der Waals surface area (Å²) in [5.41, 5.74) is 0.507. The number of esters is 1. The maximum Gasteiger partial charge on any atom is 0.341 e. The molecule has 0 saturated carbocycles. The molecule has 1 aromatic rings. The van der Waals surface area contributed by atoms with E-state index < -0.39 is 35.7 Å². The van der Waals surface area contributed by atoms with E-state index >= 15 is 0 Å². The first-order valence-corrected chi connectivity index (χ1v) is 9.96. The van der Waals surface area contributed by atoms with E-state index in [2.05, 4.69) is 20.7 Å². The number of nitrogens with zero attached hydrogens (tertiary/aromatic N) is 1. The van der Waals surface area contributed by atoms with Crippen molar-refractivity contribution < 1.29 is 38.5 Å². The SMILES string of the molecule is CCOc1cc(/C=C2/SC(=O)N([C@@H](C)C(=O)OC)C2=O)c(Br)cc1OCC(=O)O. The summed E-state index contributed by atoms with van der Waals surface area (Å²) < 4.78 is 15.8. The average Bonchev–Trinajstić information content (AvgIpc) is 2.95. The number of rotatable bonds is 8. The number of hydrogen-bond acceptors (Lipinski definition) is 8. The third kappa shape index (κ3) is 5.30. The first-order chi connectivity index (χ1) is 13.7. The molecule has 1 saturated heterocycles. The number of halogens is 1. The average molecular weight is 488 g/mol. The van der Waals surface area contributed by atoms with Gasteiger partial charge in [0.15, 0.2) is 18.1 Å². The van der Waals surface area contributed by atoms with Crippen molar-refractivity contribution in [2.24, 2.45) is 0 Å².